The minimum atomic E-state index is 0.212. The van der Waals surface area contributed by atoms with Gasteiger partial charge in [0.1, 0.15) is 0 Å². The Hall–Kier alpha value is -0.530. The Labute approximate surface area is 114 Å². The monoisotopic (exact) mass is 255 g/mol. The van der Waals surface area contributed by atoms with E-state index in [4.69, 9.17) is 0 Å². The highest BCUT2D eigenvalue weighted by Crippen LogP contribution is 2.34. The summed E-state index contributed by atoms with van der Waals surface area (Å²) in [6.45, 7) is 12.6. The van der Waals surface area contributed by atoms with Gasteiger partial charge in [0.25, 0.3) is 0 Å². The molecule has 0 saturated carbocycles. The largest absolute Gasteiger partial charge is 0.343 e. The maximum Gasteiger partial charge on any atom is 0.223 e. The van der Waals surface area contributed by atoms with Gasteiger partial charge in [-0.2, -0.15) is 0 Å². The third kappa shape index (κ3) is 6.42. The van der Waals surface area contributed by atoms with Crippen molar-refractivity contribution in [1.29, 1.82) is 0 Å². The Bertz CT molecular complexity index is 223. The van der Waals surface area contributed by atoms with Crippen LogP contribution in [0.3, 0.4) is 0 Å². The van der Waals surface area contributed by atoms with Gasteiger partial charge in [0.2, 0.25) is 5.91 Å². The topological polar surface area (TPSA) is 20.3 Å². The second-order valence-electron chi connectivity index (χ2n) is 5.76. The molecule has 0 aliphatic rings. The Balaban J connectivity index is 4.43. The summed E-state index contributed by atoms with van der Waals surface area (Å²) in [5.41, 5.74) is 0.212. The molecule has 2 heteroatoms. The van der Waals surface area contributed by atoms with Crippen molar-refractivity contribution in [1.82, 2.24) is 4.90 Å². The van der Waals surface area contributed by atoms with Crippen LogP contribution in [0.4, 0.5) is 0 Å². The summed E-state index contributed by atoms with van der Waals surface area (Å²) in [5, 5.41) is 0. The standard InChI is InChI=1S/C16H33NO/c1-6-10-11-13-16(5,12-7-2)14-15(18)17(8-3)9-4/h6-14H2,1-5H3. The van der Waals surface area contributed by atoms with E-state index < -0.39 is 0 Å². The number of nitrogens with zero attached hydrogens (tertiary/aromatic N) is 1. The summed E-state index contributed by atoms with van der Waals surface area (Å²) in [6.07, 6.45) is 8.08. The van der Waals surface area contributed by atoms with Gasteiger partial charge in [0.05, 0.1) is 0 Å². The molecule has 0 rings (SSSR count). The van der Waals surface area contributed by atoms with Gasteiger partial charge in [0, 0.05) is 19.5 Å². The zero-order chi connectivity index (χ0) is 14.0. The van der Waals surface area contributed by atoms with Gasteiger partial charge < -0.3 is 4.90 Å². The first-order valence-electron chi connectivity index (χ1n) is 7.80. The molecule has 0 N–H and O–H groups in total. The zero-order valence-electron chi connectivity index (χ0n) is 13.2. The van der Waals surface area contributed by atoms with Crippen molar-refractivity contribution < 1.29 is 4.79 Å². The summed E-state index contributed by atoms with van der Waals surface area (Å²) < 4.78 is 0. The third-order valence-corrected chi connectivity index (χ3v) is 3.93. The Morgan fingerprint density at radius 2 is 1.56 bits per heavy atom. The molecule has 0 aliphatic heterocycles. The average Bonchev–Trinajstić information content (AvgIpc) is 2.31. The van der Waals surface area contributed by atoms with Crippen molar-refractivity contribution >= 4 is 5.91 Å². The van der Waals surface area contributed by atoms with E-state index in [1.807, 2.05) is 4.90 Å². The molecule has 0 aromatic rings. The van der Waals surface area contributed by atoms with Crippen LogP contribution in [-0.2, 0) is 4.79 Å². The van der Waals surface area contributed by atoms with Gasteiger partial charge in [-0.15, -0.1) is 0 Å². The molecule has 0 heterocycles. The van der Waals surface area contributed by atoms with Crippen molar-refractivity contribution in [3.63, 3.8) is 0 Å². The first-order valence-corrected chi connectivity index (χ1v) is 7.80. The molecule has 1 atom stereocenters. The van der Waals surface area contributed by atoms with E-state index in [-0.39, 0.29) is 5.41 Å². The average molecular weight is 255 g/mol. The third-order valence-electron chi connectivity index (χ3n) is 3.93. The summed E-state index contributed by atoms with van der Waals surface area (Å²) in [5.74, 6) is 0.340. The predicted molar refractivity (Wildman–Crippen MR) is 79.7 cm³/mol. The van der Waals surface area contributed by atoms with Crippen LogP contribution >= 0.6 is 0 Å². The molecular weight excluding hydrogens is 222 g/mol. The van der Waals surface area contributed by atoms with E-state index in [2.05, 4.69) is 34.6 Å². The highest BCUT2D eigenvalue weighted by Gasteiger charge is 2.27. The molecule has 1 unspecified atom stereocenters. The summed E-state index contributed by atoms with van der Waals surface area (Å²) in [6, 6.07) is 0. The van der Waals surface area contributed by atoms with E-state index in [1.165, 1.54) is 38.5 Å². The molecule has 0 radical (unpaired) electrons. The maximum absolute atomic E-state index is 12.3. The van der Waals surface area contributed by atoms with E-state index in [0.717, 1.165) is 19.5 Å². The summed E-state index contributed by atoms with van der Waals surface area (Å²) in [7, 11) is 0. The molecule has 0 fully saturated rings. The summed E-state index contributed by atoms with van der Waals surface area (Å²) in [4.78, 5) is 14.2. The van der Waals surface area contributed by atoms with Crippen molar-refractivity contribution in [2.45, 2.75) is 79.6 Å². The molecule has 0 aromatic heterocycles. The molecule has 108 valence electrons. The van der Waals surface area contributed by atoms with Crippen LogP contribution in [0.1, 0.15) is 79.6 Å². The molecule has 2 nitrogen and oxygen atoms in total. The number of unbranched alkanes of at least 4 members (excludes halogenated alkanes) is 2. The molecule has 0 saturated heterocycles. The van der Waals surface area contributed by atoms with Gasteiger partial charge in [0.15, 0.2) is 0 Å². The van der Waals surface area contributed by atoms with Gasteiger partial charge >= 0.3 is 0 Å². The first-order chi connectivity index (χ1) is 8.52. The lowest BCUT2D eigenvalue weighted by atomic mass is 9.77. The van der Waals surface area contributed by atoms with E-state index >= 15 is 0 Å². The van der Waals surface area contributed by atoms with E-state index in [0.29, 0.717) is 5.91 Å². The smallest absolute Gasteiger partial charge is 0.223 e. The van der Waals surface area contributed by atoms with E-state index in [9.17, 15) is 4.79 Å². The Morgan fingerprint density at radius 3 is 2.00 bits per heavy atom. The molecule has 0 spiro atoms. The normalized spacial score (nSPS) is 14.3. The van der Waals surface area contributed by atoms with Crippen LogP contribution in [0.25, 0.3) is 0 Å². The molecule has 1 amide bonds. The van der Waals surface area contributed by atoms with Crippen molar-refractivity contribution in [2.24, 2.45) is 5.41 Å². The second-order valence-corrected chi connectivity index (χ2v) is 5.76. The number of hydrogen-bond donors (Lipinski definition) is 0. The summed E-state index contributed by atoms with van der Waals surface area (Å²) >= 11 is 0. The van der Waals surface area contributed by atoms with Gasteiger partial charge in [-0.25, -0.2) is 0 Å². The van der Waals surface area contributed by atoms with Crippen molar-refractivity contribution in [2.75, 3.05) is 13.1 Å². The molecule has 0 aliphatic carbocycles. The quantitative estimate of drug-likeness (QED) is 0.521. The Kier molecular flexibility index (Phi) is 9.13. The molecule has 0 bridgehead atoms. The number of amides is 1. The maximum atomic E-state index is 12.3. The molecule has 0 aromatic carbocycles. The van der Waals surface area contributed by atoms with Crippen LogP contribution in [-0.4, -0.2) is 23.9 Å². The lowest BCUT2D eigenvalue weighted by Crippen LogP contribution is -2.34. The van der Waals surface area contributed by atoms with Crippen LogP contribution in [0.2, 0.25) is 0 Å². The zero-order valence-corrected chi connectivity index (χ0v) is 13.2. The lowest BCUT2D eigenvalue weighted by molar-refractivity contribution is -0.133. The number of carbonyl (C=O) groups is 1. The van der Waals surface area contributed by atoms with Crippen LogP contribution < -0.4 is 0 Å². The number of rotatable bonds is 10. The minimum Gasteiger partial charge on any atom is -0.343 e. The highest BCUT2D eigenvalue weighted by atomic mass is 16.2. The fourth-order valence-corrected chi connectivity index (χ4v) is 2.76. The van der Waals surface area contributed by atoms with Gasteiger partial charge in [-0.1, -0.05) is 46.5 Å². The first kappa shape index (κ1) is 17.5. The van der Waals surface area contributed by atoms with Crippen LogP contribution in [0.15, 0.2) is 0 Å². The Morgan fingerprint density at radius 1 is 0.944 bits per heavy atom. The predicted octanol–water partition coefficient (Wildman–Crippen LogP) is 4.63. The highest BCUT2D eigenvalue weighted by molar-refractivity contribution is 5.76. The van der Waals surface area contributed by atoms with Gasteiger partial charge in [-0.3, -0.25) is 4.79 Å². The van der Waals surface area contributed by atoms with Crippen LogP contribution in [0.5, 0.6) is 0 Å². The fourth-order valence-electron chi connectivity index (χ4n) is 2.76. The molecular formula is C16H33NO. The number of carbonyl (C=O) groups excluding carboxylic acids is 1. The van der Waals surface area contributed by atoms with Crippen molar-refractivity contribution in [3.8, 4) is 0 Å². The fraction of sp³-hybridized carbons (Fsp3) is 0.938. The molecule has 18 heavy (non-hydrogen) atoms. The number of hydrogen-bond acceptors (Lipinski definition) is 1. The lowest BCUT2D eigenvalue weighted by Gasteiger charge is -2.31. The van der Waals surface area contributed by atoms with Gasteiger partial charge in [-0.05, 0) is 32.1 Å². The van der Waals surface area contributed by atoms with Crippen molar-refractivity contribution in [3.05, 3.63) is 0 Å². The SMILES string of the molecule is CCCCCC(C)(CCC)CC(=O)N(CC)CC. The second kappa shape index (κ2) is 9.41. The van der Waals surface area contributed by atoms with E-state index in [1.54, 1.807) is 0 Å². The van der Waals surface area contributed by atoms with Crippen LogP contribution in [0, 0.1) is 5.41 Å². The minimum absolute atomic E-state index is 0.212.